The summed E-state index contributed by atoms with van der Waals surface area (Å²) < 4.78 is 5.31. The monoisotopic (exact) mass is 309 g/mol. The third kappa shape index (κ3) is 3.23. The predicted octanol–water partition coefficient (Wildman–Crippen LogP) is 3.53. The molecule has 0 spiro atoms. The fourth-order valence-electron chi connectivity index (χ4n) is 2.66. The van der Waals surface area contributed by atoms with Gasteiger partial charge in [-0.15, -0.1) is 0 Å². The number of carbonyl (C=O) groups excluding carboxylic acids is 1. The SMILES string of the molecule is CCc1noc(CC)c1CC(=O)Nc1ccc2ncccc2c1. The molecule has 3 rings (SSSR count). The first-order valence-electron chi connectivity index (χ1n) is 7.82. The zero-order valence-electron chi connectivity index (χ0n) is 13.3. The number of anilines is 1. The second-order valence-electron chi connectivity index (χ2n) is 5.37. The Balaban J connectivity index is 1.77. The number of nitrogens with zero attached hydrogens (tertiary/aromatic N) is 2. The molecule has 5 heteroatoms. The second kappa shape index (κ2) is 6.60. The van der Waals surface area contributed by atoms with E-state index in [0.29, 0.717) is 0 Å². The molecular formula is C18H19N3O2. The van der Waals surface area contributed by atoms with Crippen molar-refractivity contribution in [1.82, 2.24) is 10.1 Å². The molecule has 0 radical (unpaired) electrons. The predicted molar refractivity (Wildman–Crippen MR) is 89.3 cm³/mol. The summed E-state index contributed by atoms with van der Waals surface area (Å²) >= 11 is 0. The van der Waals surface area contributed by atoms with E-state index in [9.17, 15) is 4.79 Å². The summed E-state index contributed by atoms with van der Waals surface area (Å²) in [6, 6.07) is 9.55. The standard InChI is InChI=1S/C18H19N3O2/c1-3-15-14(17(4-2)23-21-15)11-18(22)20-13-7-8-16-12(10-13)6-5-9-19-16/h5-10H,3-4,11H2,1-2H3,(H,20,22). The normalized spacial score (nSPS) is 10.9. The fraction of sp³-hybridized carbons (Fsp3) is 0.278. The zero-order valence-corrected chi connectivity index (χ0v) is 13.3. The van der Waals surface area contributed by atoms with Crippen LogP contribution in [0.25, 0.3) is 10.9 Å². The number of hydrogen-bond acceptors (Lipinski definition) is 4. The van der Waals surface area contributed by atoms with Crippen LogP contribution >= 0.6 is 0 Å². The summed E-state index contributed by atoms with van der Waals surface area (Å²) in [5.41, 5.74) is 3.45. The van der Waals surface area contributed by atoms with E-state index in [1.54, 1.807) is 6.20 Å². The van der Waals surface area contributed by atoms with Crippen LogP contribution in [0.1, 0.15) is 30.9 Å². The molecule has 0 atom stereocenters. The van der Waals surface area contributed by atoms with Gasteiger partial charge in [0, 0.05) is 29.3 Å². The molecule has 0 aliphatic heterocycles. The van der Waals surface area contributed by atoms with Crippen LogP contribution in [-0.4, -0.2) is 16.0 Å². The Morgan fingerprint density at radius 3 is 2.87 bits per heavy atom. The number of benzene rings is 1. The van der Waals surface area contributed by atoms with Gasteiger partial charge in [-0.2, -0.15) is 0 Å². The van der Waals surface area contributed by atoms with Crippen LogP contribution in [0.4, 0.5) is 5.69 Å². The summed E-state index contributed by atoms with van der Waals surface area (Å²) in [7, 11) is 0. The minimum atomic E-state index is -0.0687. The van der Waals surface area contributed by atoms with Gasteiger partial charge in [0.25, 0.3) is 0 Å². The molecule has 1 amide bonds. The molecule has 0 aliphatic rings. The molecule has 23 heavy (non-hydrogen) atoms. The topological polar surface area (TPSA) is 68.0 Å². The van der Waals surface area contributed by atoms with E-state index in [4.69, 9.17) is 4.52 Å². The first kappa shape index (κ1) is 15.2. The van der Waals surface area contributed by atoms with Crippen molar-refractivity contribution in [3.05, 3.63) is 53.5 Å². The van der Waals surface area contributed by atoms with Crippen molar-refractivity contribution in [1.29, 1.82) is 0 Å². The molecule has 0 saturated heterocycles. The highest BCUT2D eigenvalue weighted by Crippen LogP contribution is 2.19. The molecule has 1 aromatic carbocycles. The molecule has 3 aromatic rings. The van der Waals surface area contributed by atoms with Crippen LogP contribution in [0, 0.1) is 0 Å². The molecule has 0 saturated carbocycles. The molecule has 5 nitrogen and oxygen atoms in total. The fourth-order valence-corrected chi connectivity index (χ4v) is 2.66. The minimum absolute atomic E-state index is 0.0687. The second-order valence-corrected chi connectivity index (χ2v) is 5.37. The first-order valence-corrected chi connectivity index (χ1v) is 7.82. The summed E-state index contributed by atoms with van der Waals surface area (Å²) in [4.78, 5) is 16.6. The molecule has 0 bridgehead atoms. The van der Waals surface area contributed by atoms with Gasteiger partial charge in [0.2, 0.25) is 5.91 Å². The quantitative estimate of drug-likeness (QED) is 0.783. The largest absolute Gasteiger partial charge is 0.361 e. The first-order chi connectivity index (χ1) is 11.2. The maximum Gasteiger partial charge on any atom is 0.229 e. The van der Waals surface area contributed by atoms with Crippen LogP contribution in [-0.2, 0) is 24.1 Å². The van der Waals surface area contributed by atoms with Crippen molar-refractivity contribution in [2.75, 3.05) is 5.32 Å². The van der Waals surface area contributed by atoms with Gasteiger partial charge in [-0.05, 0) is 30.7 Å². The number of hydrogen-bond donors (Lipinski definition) is 1. The molecular weight excluding hydrogens is 290 g/mol. The van der Waals surface area contributed by atoms with Gasteiger partial charge in [0.15, 0.2) is 0 Å². The third-order valence-electron chi connectivity index (χ3n) is 3.83. The lowest BCUT2D eigenvalue weighted by Crippen LogP contribution is -2.15. The Morgan fingerprint density at radius 2 is 2.09 bits per heavy atom. The van der Waals surface area contributed by atoms with E-state index in [1.165, 1.54) is 0 Å². The van der Waals surface area contributed by atoms with Gasteiger partial charge in [-0.25, -0.2) is 0 Å². The third-order valence-corrected chi connectivity index (χ3v) is 3.83. The smallest absolute Gasteiger partial charge is 0.229 e. The Bertz CT molecular complexity index is 818. The lowest BCUT2D eigenvalue weighted by atomic mass is 10.1. The Hall–Kier alpha value is -2.69. The van der Waals surface area contributed by atoms with E-state index < -0.39 is 0 Å². The summed E-state index contributed by atoms with van der Waals surface area (Å²) in [5.74, 6) is 0.723. The molecule has 0 unspecified atom stereocenters. The molecule has 1 N–H and O–H groups in total. The number of aromatic nitrogens is 2. The van der Waals surface area contributed by atoms with Crippen molar-refractivity contribution in [2.45, 2.75) is 33.1 Å². The van der Waals surface area contributed by atoms with Gasteiger partial charge < -0.3 is 9.84 Å². The molecule has 2 heterocycles. The molecule has 2 aromatic heterocycles. The number of rotatable bonds is 5. The van der Waals surface area contributed by atoms with E-state index in [-0.39, 0.29) is 12.3 Å². The number of fused-ring (bicyclic) bond motifs is 1. The van der Waals surface area contributed by atoms with Crippen molar-refractivity contribution in [3.63, 3.8) is 0 Å². The van der Waals surface area contributed by atoms with Gasteiger partial charge in [0.05, 0.1) is 17.6 Å². The number of aryl methyl sites for hydroxylation is 2. The van der Waals surface area contributed by atoms with Gasteiger partial charge in [-0.1, -0.05) is 25.1 Å². The molecule has 0 aliphatic carbocycles. The van der Waals surface area contributed by atoms with Crippen molar-refractivity contribution < 1.29 is 9.32 Å². The molecule has 118 valence electrons. The van der Waals surface area contributed by atoms with Crippen LogP contribution < -0.4 is 5.32 Å². The van der Waals surface area contributed by atoms with Crippen molar-refractivity contribution >= 4 is 22.5 Å². The van der Waals surface area contributed by atoms with Crippen LogP contribution in [0.5, 0.6) is 0 Å². The maximum absolute atomic E-state index is 12.4. The van der Waals surface area contributed by atoms with E-state index in [1.807, 2.05) is 44.2 Å². The van der Waals surface area contributed by atoms with Gasteiger partial charge in [0.1, 0.15) is 5.76 Å². The van der Waals surface area contributed by atoms with Gasteiger partial charge in [-0.3, -0.25) is 9.78 Å². The number of amides is 1. The van der Waals surface area contributed by atoms with Crippen LogP contribution in [0.3, 0.4) is 0 Å². The summed E-state index contributed by atoms with van der Waals surface area (Å²) in [6.07, 6.45) is 3.52. The van der Waals surface area contributed by atoms with Crippen molar-refractivity contribution in [3.8, 4) is 0 Å². The highest BCUT2D eigenvalue weighted by Gasteiger charge is 2.16. The summed E-state index contributed by atoms with van der Waals surface area (Å²) in [5, 5.41) is 7.98. The average Bonchev–Trinajstić information content (AvgIpc) is 2.96. The Kier molecular flexibility index (Phi) is 4.37. The number of carbonyl (C=O) groups is 1. The molecule has 0 fully saturated rings. The average molecular weight is 309 g/mol. The van der Waals surface area contributed by atoms with Crippen molar-refractivity contribution in [2.24, 2.45) is 0 Å². The lowest BCUT2D eigenvalue weighted by Gasteiger charge is -2.07. The number of pyridine rings is 1. The van der Waals surface area contributed by atoms with E-state index in [2.05, 4.69) is 15.5 Å². The van der Waals surface area contributed by atoms with E-state index >= 15 is 0 Å². The highest BCUT2D eigenvalue weighted by atomic mass is 16.5. The van der Waals surface area contributed by atoms with E-state index in [0.717, 1.165) is 46.4 Å². The Morgan fingerprint density at radius 1 is 1.22 bits per heavy atom. The minimum Gasteiger partial charge on any atom is -0.361 e. The summed E-state index contributed by atoms with van der Waals surface area (Å²) in [6.45, 7) is 4.01. The zero-order chi connectivity index (χ0) is 16.2. The number of nitrogens with one attached hydrogen (secondary N) is 1. The van der Waals surface area contributed by atoms with Gasteiger partial charge >= 0.3 is 0 Å². The van der Waals surface area contributed by atoms with Crippen LogP contribution in [0.2, 0.25) is 0 Å². The maximum atomic E-state index is 12.4. The lowest BCUT2D eigenvalue weighted by molar-refractivity contribution is -0.115. The Labute approximate surface area is 134 Å². The van der Waals surface area contributed by atoms with Crippen LogP contribution in [0.15, 0.2) is 41.1 Å². The highest BCUT2D eigenvalue weighted by molar-refractivity contribution is 5.94.